The van der Waals surface area contributed by atoms with E-state index in [-0.39, 0.29) is 0 Å². The SMILES string of the molecule is [CH][CH][CH]C([CH])[CH]. The first-order chi connectivity index (χ1) is 2.77. The fourth-order valence-electron chi connectivity index (χ4n) is 0.128. The van der Waals surface area contributed by atoms with Gasteiger partial charge in [0.15, 0.2) is 0 Å². The van der Waals surface area contributed by atoms with Crippen molar-refractivity contribution in [1.29, 1.82) is 0 Å². The van der Waals surface area contributed by atoms with Gasteiger partial charge in [-0.15, -0.1) is 0 Å². The Morgan fingerprint density at radius 3 is 1.83 bits per heavy atom. The molecule has 0 rings (SSSR count). The molecule has 0 heteroatoms. The van der Waals surface area contributed by atoms with Crippen molar-refractivity contribution in [3.63, 3.8) is 0 Å². The predicted octanol–water partition coefficient (Wildman–Crippen LogP) is 1.14. The summed E-state index contributed by atoms with van der Waals surface area (Å²) in [6.45, 7) is 14.9. The van der Waals surface area contributed by atoms with Crippen LogP contribution in [-0.2, 0) is 0 Å². The van der Waals surface area contributed by atoms with Gasteiger partial charge < -0.3 is 0 Å². The monoisotopic (exact) mass is 78.0 g/mol. The third-order valence-electron chi connectivity index (χ3n) is 0.333. The first-order valence-corrected chi connectivity index (χ1v) is 1.67. The Balaban J connectivity index is 2.63. The van der Waals surface area contributed by atoms with Gasteiger partial charge in [-0.1, -0.05) is 0 Å². The molecule has 0 unspecified atom stereocenters. The summed E-state index contributed by atoms with van der Waals surface area (Å²) in [6, 6.07) is 0. The zero-order valence-corrected chi connectivity index (χ0v) is 3.46. The fraction of sp³-hybridized carbons (Fsp3) is 0.167. The largest absolute Gasteiger partial charge is 0.0312 e. The minimum Gasteiger partial charge on any atom is -0.0312 e. The lowest BCUT2D eigenvalue weighted by atomic mass is 10.1. The Morgan fingerprint density at radius 1 is 1.33 bits per heavy atom. The molecule has 0 bridgehead atoms. The number of rotatable bonds is 2. The molecule has 30 valence electrons. The van der Waals surface area contributed by atoms with Gasteiger partial charge in [0.1, 0.15) is 0 Å². The standard InChI is InChI=1S/C6H6/c1-4-5-6(2)3/h1-6H. The van der Waals surface area contributed by atoms with E-state index < -0.39 is 5.92 Å². The van der Waals surface area contributed by atoms with Gasteiger partial charge in [-0.2, -0.15) is 0 Å². The molecule has 0 spiro atoms. The molecule has 0 aromatic rings. The van der Waals surface area contributed by atoms with Gasteiger partial charge in [0, 0.05) is 0 Å². The lowest BCUT2D eigenvalue weighted by Crippen LogP contribution is -1.85. The lowest BCUT2D eigenvalue weighted by molar-refractivity contribution is 0.973. The van der Waals surface area contributed by atoms with Crippen LogP contribution in [0, 0.1) is 39.5 Å². The van der Waals surface area contributed by atoms with E-state index in [1.165, 1.54) is 12.8 Å². The second-order valence-electron chi connectivity index (χ2n) is 0.962. The highest BCUT2D eigenvalue weighted by atomic mass is 13.9. The van der Waals surface area contributed by atoms with Crippen molar-refractivity contribution in [2.75, 3.05) is 0 Å². The smallest absolute Gasteiger partial charge is 0.0312 e. The summed E-state index contributed by atoms with van der Waals surface area (Å²) in [6.07, 6.45) is 2.82. The molecule has 0 amide bonds. The van der Waals surface area contributed by atoms with Crippen LogP contribution in [0.5, 0.6) is 0 Å². The summed E-state index contributed by atoms with van der Waals surface area (Å²) in [4.78, 5) is 0. The van der Waals surface area contributed by atoms with E-state index in [4.69, 9.17) is 20.8 Å². The second kappa shape index (κ2) is 3.20. The van der Waals surface area contributed by atoms with Crippen molar-refractivity contribution < 1.29 is 0 Å². The molecule has 0 aliphatic heterocycles. The molecule has 0 atom stereocenters. The molecule has 0 aliphatic carbocycles. The van der Waals surface area contributed by atoms with Crippen LogP contribution in [0.15, 0.2) is 0 Å². The van der Waals surface area contributed by atoms with Crippen LogP contribution in [-0.4, -0.2) is 0 Å². The van der Waals surface area contributed by atoms with E-state index in [1.54, 1.807) is 0 Å². The number of hydrogen-bond donors (Lipinski definition) is 0. The Labute approximate surface area is 40.6 Å². The summed E-state index contributed by atoms with van der Waals surface area (Å²) in [5, 5.41) is 0. The first kappa shape index (κ1) is 6.00. The molecule has 8 radical (unpaired) electrons. The van der Waals surface area contributed by atoms with E-state index in [0.717, 1.165) is 0 Å². The van der Waals surface area contributed by atoms with Crippen molar-refractivity contribution in [2.24, 2.45) is 5.92 Å². The average molecular weight is 78.1 g/mol. The lowest BCUT2D eigenvalue weighted by Gasteiger charge is -1.93. The molecule has 0 heterocycles. The minimum absolute atomic E-state index is 0.407. The molecule has 0 saturated heterocycles. The van der Waals surface area contributed by atoms with E-state index in [9.17, 15) is 0 Å². The van der Waals surface area contributed by atoms with Crippen LogP contribution in [0.4, 0.5) is 0 Å². The second-order valence-corrected chi connectivity index (χ2v) is 0.962. The van der Waals surface area contributed by atoms with Gasteiger partial charge in [-0.05, 0) is 39.5 Å². The topological polar surface area (TPSA) is 0 Å². The molecule has 0 aliphatic rings. The quantitative estimate of drug-likeness (QED) is 0.464. The van der Waals surface area contributed by atoms with Crippen LogP contribution >= 0.6 is 0 Å². The highest BCUT2D eigenvalue weighted by Crippen LogP contribution is 1.96. The molecular weight excluding hydrogens is 72.1 g/mol. The molecule has 0 saturated carbocycles. The van der Waals surface area contributed by atoms with Crippen molar-refractivity contribution >= 4 is 0 Å². The van der Waals surface area contributed by atoms with Crippen LogP contribution in [0.25, 0.3) is 0 Å². The van der Waals surface area contributed by atoms with E-state index in [2.05, 4.69) is 0 Å². The number of hydrogen-bond acceptors (Lipinski definition) is 0. The fourth-order valence-corrected chi connectivity index (χ4v) is 0.128. The first-order valence-electron chi connectivity index (χ1n) is 1.67. The maximum absolute atomic E-state index is 5.01. The molecule has 0 aromatic heterocycles. The zero-order valence-electron chi connectivity index (χ0n) is 3.46. The van der Waals surface area contributed by atoms with Gasteiger partial charge in [0.25, 0.3) is 0 Å². The summed E-state index contributed by atoms with van der Waals surface area (Å²) in [7, 11) is 0. The van der Waals surface area contributed by atoms with Crippen molar-refractivity contribution in [1.82, 2.24) is 0 Å². The Hall–Kier alpha value is 0. The Bertz CT molecular complexity index is 21.2. The van der Waals surface area contributed by atoms with Gasteiger partial charge in [-0.3, -0.25) is 0 Å². The van der Waals surface area contributed by atoms with Crippen LogP contribution < -0.4 is 0 Å². The van der Waals surface area contributed by atoms with Crippen molar-refractivity contribution in [3.8, 4) is 0 Å². The molecule has 0 N–H and O–H groups in total. The summed E-state index contributed by atoms with van der Waals surface area (Å²) >= 11 is 0. The molecule has 0 aromatic carbocycles. The maximum atomic E-state index is 5.01. The van der Waals surface area contributed by atoms with Gasteiger partial charge >= 0.3 is 0 Å². The highest BCUT2D eigenvalue weighted by molar-refractivity contribution is 4.93. The van der Waals surface area contributed by atoms with E-state index >= 15 is 0 Å². The van der Waals surface area contributed by atoms with Crippen LogP contribution in [0.3, 0.4) is 0 Å². The maximum Gasteiger partial charge on any atom is -0.0312 e. The average Bonchev–Trinajstić information content (AvgIpc) is 1.35. The normalized spacial score (nSPS) is 10.0. The predicted molar refractivity (Wildman–Crippen MR) is 25.0 cm³/mol. The van der Waals surface area contributed by atoms with Crippen molar-refractivity contribution in [3.05, 3.63) is 33.6 Å². The Morgan fingerprint density at radius 2 is 1.83 bits per heavy atom. The van der Waals surface area contributed by atoms with Crippen LogP contribution in [0.2, 0.25) is 0 Å². The highest BCUT2D eigenvalue weighted by Gasteiger charge is 1.87. The van der Waals surface area contributed by atoms with Crippen LogP contribution in [0.1, 0.15) is 0 Å². The third-order valence-corrected chi connectivity index (χ3v) is 0.333. The van der Waals surface area contributed by atoms with Gasteiger partial charge in [0.05, 0.1) is 0 Å². The van der Waals surface area contributed by atoms with E-state index in [0.29, 0.717) is 0 Å². The van der Waals surface area contributed by atoms with Crippen molar-refractivity contribution in [2.45, 2.75) is 0 Å². The Kier molecular flexibility index (Phi) is 3.20. The molecule has 0 fully saturated rings. The van der Waals surface area contributed by atoms with Gasteiger partial charge in [-0.25, -0.2) is 0 Å². The minimum atomic E-state index is -0.407. The molecule has 6 heavy (non-hydrogen) atoms. The molecule has 0 nitrogen and oxygen atoms in total. The summed E-state index contributed by atoms with van der Waals surface area (Å²) in [5.74, 6) is -0.407. The van der Waals surface area contributed by atoms with Gasteiger partial charge in [0.2, 0.25) is 0 Å². The third kappa shape index (κ3) is 4.00. The zero-order chi connectivity index (χ0) is 4.99. The summed E-state index contributed by atoms with van der Waals surface area (Å²) in [5.41, 5.74) is 0. The summed E-state index contributed by atoms with van der Waals surface area (Å²) < 4.78 is 0. The van der Waals surface area contributed by atoms with E-state index in [1.807, 2.05) is 0 Å². The molecular formula is C6H6.